The molecule has 2 aromatic rings. The van der Waals surface area contributed by atoms with Crippen molar-refractivity contribution in [3.63, 3.8) is 0 Å². The Kier molecular flexibility index (Phi) is 5.31. The Morgan fingerprint density at radius 1 is 1.26 bits per heavy atom. The standard InChI is InChI=1S/C22H30N2O3/c1-14(2)16-8-7-15-11-19(27-21(25)24-10-9-23-13-24)18(26-6)12-17(15)20(16)22(3,4)5/h9-14,16,20H,7-8H2,1-6H3. The summed E-state index contributed by atoms with van der Waals surface area (Å²) < 4.78 is 12.5. The third-order valence-electron chi connectivity index (χ3n) is 5.64. The van der Waals surface area contributed by atoms with Crippen LogP contribution in [0.2, 0.25) is 0 Å². The Bertz CT molecular complexity index is 804. The van der Waals surface area contributed by atoms with Gasteiger partial charge in [0.1, 0.15) is 6.33 Å². The molecule has 3 rings (SSSR count). The van der Waals surface area contributed by atoms with Gasteiger partial charge in [-0.25, -0.2) is 14.3 Å². The molecule has 1 heterocycles. The minimum Gasteiger partial charge on any atom is -0.493 e. The van der Waals surface area contributed by atoms with Gasteiger partial charge in [-0.2, -0.15) is 0 Å². The first-order chi connectivity index (χ1) is 12.7. The Labute approximate surface area is 161 Å². The molecule has 0 N–H and O–H groups in total. The summed E-state index contributed by atoms with van der Waals surface area (Å²) in [6.45, 7) is 11.5. The van der Waals surface area contributed by atoms with Crippen molar-refractivity contribution in [2.45, 2.75) is 53.4 Å². The fraction of sp³-hybridized carbons (Fsp3) is 0.545. The molecule has 0 spiro atoms. The van der Waals surface area contributed by atoms with Crippen molar-refractivity contribution >= 4 is 6.09 Å². The van der Waals surface area contributed by atoms with Crippen LogP contribution in [-0.4, -0.2) is 22.8 Å². The van der Waals surface area contributed by atoms with E-state index >= 15 is 0 Å². The fourth-order valence-electron chi connectivity index (χ4n) is 4.42. The first kappa shape index (κ1) is 19.5. The number of benzene rings is 1. The molecule has 1 aromatic heterocycles. The summed E-state index contributed by atoms with van der Waals surface area (Å²) in [5.41, 5.74) is 2.72. The average molecular weight is 370 g/mol. The summed E-state index contributed by atoms with van der Waals surface area (Å²) >= 11 is 0. The molecule has 2 unspecified atom stereocenters. The zero-order valence-electron chi connectivity index (χ0n) is 17.2. The zero-order valence-corrected chi connectivity index (χ0v) is 17.2. The van der Waals surface area contributed by atoms with Gasteiger partial charge in [-0.05, 0) is 59.3 Å². The monoisotopic (exact) mass is 370 g/mol. The molecule has 0 saturated heterocycles. The van der Waals surface area contributed by atoms with Crippen LogP contribution in [0.5, 0.6) is 11.5 Å². The molecule has 27 heavy (non-hydrogen) atoms. The Morgan fingerprint density at radius 2 is 2.00 bits per heavy atom. The number of ether oxygens (including phenoxy) is 2. The van der Waals surface area contributed by atoms with Crippen molar-refractivity contribution in [1.29, 1.82) is 0 Å². The van der Waals surface area contributed by atoms with Crippen LogP contribution in [0.15, 0.2) is 30.9 Å². The molecular formula is C22H30N2O3. The second-order valence-corrected chi connectivity index (χ2v) is 8.83. The number of imidazole rings is 1. The van der Waals surface area contributed by atoms with Crippen LogP contribution in [0.1, 0.15) is 58.1 Å². The molecule has 5 nitrogen and oxygen atoms in total. The fourth-order valence-corrected chi connectivity index (χ4v) is 4.42. The van der Waals surface area contributed by atoms with E-state index in [0.29, 0.717) is 29.3 Å². The lowest BCUT2D eigenvalue weighted by atomic mass is 9.61. The summed E-state index contributed by atoms with van der Waals surface area (Å²) in [6.07, 6.45) is 6.18. The highest BCUT2D eigenvalue weighted by Gasteiger charge is 2.39. The van der Waals surface area contributed by atoms with Crippen LogP contribution < -0.4 is 9.47 Å². The van der Waals surface area contributed by atoms with Crippen molar-refractivity contribution in [2.75, 3.05) is 7.11 Å². The summed E-state index contributed by atoms with van der Waals surface area (Å²) in [4.78, 5) is 16.2. The molecule has 5 heteroatoms. The highest BCUT2D eigenvalue weighted by molar-refractivity contribution is 5.74. The summed E-state index contributed by atoms with van der Waals surface area (Å²) in [6, 6.07) is 4.06. The molecule has 2 atom stereocenters. The minimum atomic E-state index is -0.492. The van der Waals surface area contributed by atoms with Gasteiger partial charge in [0.25, 0.3) is 0 Å². The van der Waals surface area contributed by atoms with Crippen molar-refractivity contribution < 1.29 is 14.3 Å². The van der Waals surface area contributed by atoms with E-state index in [9.17, 15) is 4.79 Å². The lowest BCUT2D eigenvalue weighted by molar-refractivity contribution is 0.169. The van der Waals surface area contributed by atoms with Gasteiger partial charge >= 0.3 is 6.09 Å². The second-order valence-electron chi connectivity index (χ2n) is 8.83. The van der Waals surface area contributed by atoms with Crippen LogP contribution in [0, 0.1) is 17.3 Å². The molecular weight excluding hydrogens is 340 g/mol. The quantitative estimate of drug-likeness (QED) is 0.737. The summed E-state index contributed by atoms with van der Waals surface area (Å²) in [5.74, 6) is 2.74. The SMILES string of the molecule is COc1cc2c(cc1OC(=O)n1ccnc1)CCC(C(C)C)C2C(C)(C)C. The van der Waals surface area contributed by atoms with Gasteiger partial charge in [0.05, 0.1) is 7.11 Å². The lowest BCUT2D eigenvalue weighted by Crippen LogP contribution is -2.33. The van der Waals surface area contributed by atoms with Gasteiger partial charge in [-0.15, -0.1) is 0 Å². The van der Waals surface area contributed by atoms with E-state index in [1.165, 1.54) is 22.0 Å². The van der Waals surface area contributed by atoms with Gasteiger partial charge in [0.15, 0.2) is 11.5 Å². The van der Waals surface area contributed by atoms with Crippen LogP contribution >= 0.6 is 0 Å². The predicted molar refractivity (Wildman–Crippen MR) is 105 cm³/mol. The van der Waals surface area contributed by atoms with Crippen LogP contribution in [-0.2, 0) is 6.42 Å². The molecule has 1 aliphatic rings. The van der Waals surface area contributed by atoms with E-state index in [4.69, 9.17) is 9.47 Å². The average Bonchev–Trinajstić information content (AvgIpc) is 3.13. The van der Waals surface area contributed by atoms with Crippen molar-refractivity contribution in [3.8, 4) is 11.5 Å². The van der Waals surface area contributed by atoms with Gasteiger partial charge < -0.3 is 9.47 Å². The van der Waals surface area contributed by atoms with Crippen molar-refractivity contribution in [1.82, 2.24) is 9.55 Å². The normalized spacial score (nSPS) is 19.7. The number of rotatable bonds is 3. The number of nitrogens with zero attached hydrogens (tertiary/aromatic N) is 2. The lowest BCUT2D eigenvalue weighted by Gasteiger charge is -2.44. The number of methoxy groups -OCH3 is 1. The largest absolute Gasteiger partial charge is 0.493 e. The number of carbonyl (C=O) groups excluding carboxylic acids is 1. The number of hydrogen-bond acceptors (Lipinski definition) is 4. The molecule has 0 saturated carbocycles. The highest BCUT2D eigenvalue weighted by atomic mass is 16.6. The summed E-state index contributed by atoms with van der Waals surface area (Å²) in [5, 5.41) is 0. The van der Waals surface area contributed by atoms with E-state index in [-0.39, 0.29) is 5.41 Å². The van der Waals surface area contributed by atoms with E-state index in [1.54, 1.807) is 19.5 Å². The maximum atomic E-state index is 12.3. The second kappa shape index (κ2) is 7.37. The maximum Gasteiger partial charge on any atom is 0.424 e. The topological polar surface area (TPSA) is 53.4 Å². The van der Waals surface area contributed by atoms with Crippen molar-refractivity contribution in [2.24, 2.45) is 17.3 Å². The smallest absolute Gasteiger partial charge is 0.424 e. The third-order valence-corrected chi connectivity index (χ3v) is 5.64. The van der Waals surface area contributed by atoms with Gasteiger partial charge in [-0.3, -0.25) is 0 Å². The molecule has 0 bridgehead atoms. The Hall–Kier alpha value is -2.30. The Balaban J connectivity index is 2.01. The zero-order chi connectivity index (χ0) is 19.8. The van der Waals surface area contributed by atoms with E-state index in [0.717, 1.165) is 12.8 Å². The van der Waals surface area contributed by atoms with E-state index < -0.39 is 6.09 Å². The Morgan fingerprint density at radius 3 is 2.56 bits per heavy atom. The molecule has 0 fully saturated rings. The number of fused-ring (bicyclic) bond motifs is 1. The number of aryl methyl sites for hydroxylation is 1. The molecule has 146 valence electrons. The van der Waals surface area contributed by atoms with Gasteiger partial charge in [-0.1, -0.05) is 34.6 Å². The van der Waals surface area contributed by atoms with Gasteiger partial charge in [0, 0.05) is 12.4 Å². The van der Waals surface area contributed by atoms with Gasteiger partial charge in [0.2, 0.25) is 0 Å². The van der Waals surface area contributed by atoms with Crippen molar-refractivity contribution in [3.05, 3.63) is 42.0 Å². The molecule has 0 radical (unpaired) electrons. The highest BCUT2D eigenvalue weighted by Crippen LogP contribution is 2.51. The molecule has 0 aliphatic heterocycles. The van der Waals surface area contributed by atoms with Crippen LogP contribution in [0.3, 0.4) is 0 Å². The predicted octanol–water partition coefficient (Wildman–Crippen LogP) is 5.29. The van der Waals surface area contributed by atoms with E-state index in [2.05, 4.69) is 45.7 Å². The molecule has 0 amide bonds. The van der Waals surface area contributed by atoms with Crippen LogP contribution in [0.4, 0.5) is 4.79 Å². The number of hydrogen-bond donors (Lipinski definition) is 0. The third kappa shape index (κ3) is 3.87. The summed E-state index contributed by atoms with van der Waals surface area (Å²) in [7, 11) is 1.62. The first-order valence-corrected chi connectivity index (χ1v) is 9.63. The first-order valence-electron chi connectivity index (χ1n) is 9.63. The number of aromatic nitrogens is 2. The molecule has 1 aliphatic carbocycles. The molecule has 1 aromatic carbocycles. The van der Waals surface area contributed by atoms with Crippen LogP contribution in [0.25, 0.3) is 0 Å². The maximum absolute atomic E-state index is 12.3. The van der Waals surface area contributed by atoms with E-state index in [1.807, 2.05) is 6.07 Å². The minimum absolute atomic E-state index is 0.143. The number of carbonyl (C=O) groups is 1.